The van der Waals surface area contributed by atoms with Gasteiger partial charge < -0.3 is 4.74 Å². The van der Waals surface area contributed by atoms with Crippen LogP contribution in [0.25, 0.3) is 0 Å². The van der Waals surface area contributed by atoms with Crippen LogP contribution in [0, 0.1) is 5.82 Å². The fourth-order valence-electron chi connectivity index (χ4n) is 2.65. The first-order chi connectivity index (χ1) is 15.0. The molecule has 0 aliphatic rings. The standard InChI is InChI=1S/C20H15Cl2FN6O2/c21-14-3-6-18(16(22)9-14)31-12-28-8-7-17(26-28)19(30)25-20-24-11-29(27-20)10-13-1-4-15(23)5-2-13/h1-9,11H,10,12H2,(H,25,27,30). The monoisotopic (exact) mass is 460 g/mol. The molecule has 158 valence electrons. The Kier molecular flexibility index (Phi) is 6.15. The van der Waals surface area contributed by atoms with Crippen LogP contribution in [0.1, 0.15) is 16.1 Å². The molecule has 0 fully saturated rings. The highest BCUT2D eigenvalue weighted by Crippen LogP contribution is 2.27. The predicted octanol–water partition coefficient (Wildman–Crippen LogP) is 4.26. The molecule has 31 heavy (non-hydrogen) atoms. The minimum absolute atomic E-state index is 0.0547. The zero-order chi connectivity index (χ0) is 21.8. The van der Waals surface area contributed by atoms with E-state index in [9.17, 15) is 9.18 Å². The van der Waals surface area contributed by atoms with Crippen LogP contribution in [0.5, 0.6) is 5.75 Å². The van der Waals surface area contributed by atoms with Crippen LogP contribution >= 0.6 is 23.2 Å². The quantitative estimate of drug-likeness (QED) is 0.445. The number of ether oxygens (including phenoxy) is 1. The van der Waals surface area contributed by atoms with Gasteiger partial charge in [0.05, 0.1) is 11.6 Å². The minimum Gasteiger partial charge on any atom is -0.470 e. The summed E-state index contributed by atoms with van der Waals surface area (Å²) in [5.41, 5.74) is 1.02. The molecular formula is C20H15Cl2FN6O2. The van der Waals surface area contributed by atoms with Crippen LogP contribution < -0.4 is 10.1 Å². The van der Waals surface area contributed by atoms with Crippen LogP contribution in [0.4, 0.5) is 10.3 Å². The Hall–Kier alpha value is -3.43. The lowest BCUT2D eigenvalue weighted by molar-refractivity contribution is 0.101. The summed E-state index contributed by atoms with van der Waals surface area (Å²) in [5, 5.41) is 11.8. The van der Waals surface area contributed by atoms with E-state index in [2.05, 4.69) is 20.5 Å². The SMILES string of the molecule is O=C(Nc1ncn(Cc2ccc(F)cc2)n1)c1ccn(COc2ccc(Cl)cc2Cl)n1. The number of nitrogens with zero attached hydrogens (tertiary/aromatic N) is 5. The van der Waals surface area contributed by atoms with E-state index in [1.165, 1.54) is 33.9 Å². The first-order valence-electron chi connectivity index (χ1n) is 9.03. The third-order valence-corrected chi connectivity index (χ3v) is 4.67. The third-order valence-electron chi connectivity index (χ3n) is 4.14. The number of carbonyl (C=O) groups excluding carboxylic acids is 1. The van der Waals surface area contributed by atoms with E-state index < -0.39 is 5.91 Å². The van der Waals surface area contributed by atoms with Crippen LogP contribution in [-0.2, 0) is 13.3 Å². The molecule has 8 nitrogen and oxygen atoms in total. The van der Waals surface area contributed by atoms with Gasteiger partial charge in [-0.15, -0.1) is 5.10 Å². The first-order valence-corrected chi connectivity index (χ1v) is 9.78. The molecule has 1 N–H and O–H groups in total. The van der Waals surface area contributed by atoms with Crippen LogP contribution in [0.2, 0.25) is 10.0 Å². The highest BCUT2D eigenvalue weighted by molar-refractivity contribution is 6.35. The molecule has 0 saturated carbocycles. The largest absolute Gasteiger partial charge is 0.470 e. The number of hydrogen-bond donors (Lipinski definition) is 1. The maximum absolute atomic E-state index is 13.0. The van der Waals surface area contributed by atoms with Gasteiger partial charge in [0.15, 0.2) is 12.4 Å². The number of halogens is 3. The van der Waals surface area contributed by atoms with E-state index in [0.29, 0.717) is 22.3 Å². The normalized spacial score (nSPS) is 10.8. The van der Waals surface area contributed by atoms with Crippen LogP contribution in [0.3, 0.4) is 0 Å². The van der Waals surface area contributed by atoms with Crippen molar-refractivity contribution in [2.45, 2.75) is 13.3 Å². The Morgan fingerprint density at radius 2 is 1.87 bits per heavy atom. The second-order valence-corrected chi connectivity index (χ2v) is 7.28. The minimum atomic E-state index is -0.470. The van der Waals surface area contributed by atoms with E-state index in [0.717, 1.165) is 5.56 Å². The summed E-state index contributed by atoms with van der Waals surface area (Å²) in [4.78, 5) is 16.5. The molecule has 0 unspecified atom stereocenters. The van der Waals surface area contributed by atoms with Gasteiger partial charge in [0.1, 0.15) is 17.9 Å². The lowest BCUT2D eigenvalue weighted by Crippen LogP contribution is -2.15. The Balaban J connectivity index is 1.33. The van der Waals surface area contributed by atoms with Gasteiger partial charge >= 0.3 is 0 Å². The summed E-state index contributed by atoms with van der Waals surface area (Å²) in [5.74, 6) is -0.200. The molecule has 0 saturated heterocycles. The van der Waals surface area contributed by atoms with Gasteiger partial charge in [-0.25, -0.2) is 18.7 Å². The molecule has 0 aliphatic carbocycles. The number of nitrogens with one attached hydrogen (secondary N) is 1. The fraction of sp³-hybridized carbons (Fsp3) is 0.100. The Bertz CT molecular complexity index is 1210. The van der Waals surface area contributed by atoms with Gasteiger partial charge in [-0.1, -0.05) is 35.3 Å². The lowest BCUT2D eigenvalue weighted by atomic mass is 10.2. The van der Waals surface area contributed by atoms with Gasteiger partial charge in [0.25, 0.3) is 5.91 Å². The summed E-state index contributed by atoms with van der Waals surface area (Å²) in [6, 6.07) is 12.5. The number of hydrogen-bond acceptors (Lipinski definition) is 5. The summed E-state index contributed by atoms with van der Waals surface area (Å²) in [6.45, 7) is 0.446. The highest BCUT2D eigenvalue weighted by Gasteiger charge is 2.13. The number of amides is 1. The van der Waals surface area contributed by atoms with E-state index >= 15 is 0 Å². The lowest BCUT2D eigenvalue weighted by Gasteiger charge is -2.08. The molecule has 0 bridgehead atoms. The zero-order valence-electron chi connectivity index (χ0n) is 15.9. The molecule has 0 spiro atoms. The number of aromatic nitrogens is 5. The van der Waals surface area contributed by atoms with Crippen molar-refractivity contribution in [2.75, 3.05) is 5.32 Å². The smallest absolute Gasteiger partial charge is 0.278 e. The van der Waals surface area contributed by atoms with Crippen molar-refractivity contribution in [3.05, 3.63) is 88.2 Å². The van der Waals surface area contributed by atoms with Gasteiger partial charge in [0.2, 0.25) is 5.95 Å². The summed E-state index contributed by atoms with van der Waals surface area (Å²) in [6.07, 6.45) is 3.07. The van der Waals surface area contributed by atoms with E-state index in [1.54, 1.807) is 36.5 Å². The van der Waals surface area contributed by atoms with Gasteiger partial charge in [-0.05, 0) is 42.0 Å². The van der Waals surface area contributed by atoms with Crippen molar-refractivity contribution in [1.82, 2.24) is 24.5 Å². The van der Waals surface area contributed by atoms with E-state index in [1.807, 2.05) is 0 Å². The van der Waals surface area contributed by atoms with Crippen molar-refractivity contribution < 1.29 is 13.9 Å². The third kappa shape index (κ3) is 5.39. The van der Waals surface area contributed by atoms with Gasteiger partial charge in [0, 0.05) is 11.2 Å². The topological polar surface area (TPSA) is 86.9 Å². The maximum atomic E-state index is 13.0. The molecule has 4 aromatic rings. The van der Waals surface area contributed by atoms with Crippen LogP contribution in [0.15, 0.2) is 61.1 Å². The highest BCUT2D eigenvalue weighted by atomic mass is 35.5. The molecule has 2 heterocycles. The second kappa shape index (κ2) is 9.15. The van der Waals surface area contributed by atoms with Crippen molar-refractivity contribution in [2.24, 2.45) is 0 Å². The predicted molar refractivity (Wildman–Crippen MR) is 113 cm³/mol. The Morgan fingerprint density at radius 3 is 2.65 bits per heavy atom. The fourth-order valence-corrected chi connectivity index (χ4v) is 3.12. The summed E-state index contributed by atoms with van der Waals surface area (Å²) >= 11 is 11.9. The number of benzene rings is 2. The van der Waals surface area contributed by atoms with Gasteiger partial charge in [-0.2, -0.15) is 5.10 Å². The molecule has 4 rings (SSSR count). The van der Waals surface area contributed by atoms with E-state index in [4.69, 9.17) is 27.9 Å². The average molecular weight is 461 g/mol. The van der Waals surface area contributed by atoms with Crippen molar-refractivity contribution in [1.29, 1.82) is 0 Å². The molecule has 1 amide bonds. The number of anilines is 1. The Morgan fingerprint density at radius 1 is 1.06 bits per heavy atom. The Labute approximate surface area is 186 Å². The molecule has 0 atom stereocenters. The summed E-state index contributed by atoms with van der Waals surface area (Å²) in [7, 11) is 0. The van der Waals surface area contributed by atoms with Crippen LogP contribution in [-0.4, -0.2) is 30.5 Å². The van der Waals surface area contributed by atoms with Gasteiger partial charge in [-0.3, -0.25) is 10.1 Å². The number of carbonyl (C=O) groups is 1. The average Bonchev–Trinajstić information content (AvgIpc) is 3.39. The van der Waals surface area contributed by atoms with Crippen molar-refractivity contribution in [3.8, 4) is 5.75 Å². The molecular weight excluding hydrogens is 446 g/mol. The second-order valence-electron chi connectivity index (χ2n) is 6.43. The molecule has 2 aromatic heterocycles. The first kappa shape index (κ1) is 20.8. The maximum Gasteiger partial charge on any atom is 0.278 e. The zero-order valence-corrected chi connectivity index (χ0v) is 17.4. The molecule has 2 aromatic carbocycles. The van der Waals surface area contributed by atoms with E-state index in [-0.39, 0.29) is 24.2 Å². The molecule has 0 radical (unpaired) electrons. The van der Waals surface area contributed by atoms with Crippen molar-refractivity contribution >= 4 is 35.1 Å². The summed E-state index contributed by atoms with van der Waals surface area (Å²) < 4.78 is 21.6. The molecule has 11 heteroatoms. The van der Waals surface area contributed by atoms with Crippen molar-refractivity contribution in [3.63, 3.8) is 0 Å². The number of rotatable bonds is 7. The molecule has 0 aliphatic heterocycles.